The SMILES string of the molecule is CC(C)CC(C(=O)OCc1ccccc1)N(C)CC1CCCN1C(=O)C(C)O. The average Bonchev–Trinajstić information content (AvgIpc) is 3.12. The molecule has 3 atom stereocenters. The lowest BCUT2D eigenvalue weighted by atomic mass is 10.0. The molecule has 1 aromatic rings. The van der Waals surface area contributed by atoms with Crippen molar-refractivity contribution in [3.63, 3.8) is 0 Å². The third kappa shape index (κ3) is 6.31. The van der Waals surface area contributed by atoms with Crippen LogP contribution in [0.25, 0.3) is 0 Å². The van der Waals surface area contributed by atoms with E-state index in [0.29, 0.717) is 25.4 Å². The molecule has 1 heterocycles. The molecule has 6 heteroatoms. The van der Waals surface area contributed by atoms with Gasteiger partial charge in [-0.1, -0.05) is 44.2 Å². The molecule has 6 nitrogen and oxygen atoms in total. The number of amides is 1. The Morgan fingerprint density at radius 2 is 1.93 bits per heavy atom. The number of ether oxygens (including phenoxy) is 1. The van der Waals surface area contributed by atoms with Crippen LogP contribution < -0.4 is 0 Å². The first-order chi connectivity index (χ1) is 13.3. The van der Waals surface area contributed by atoms with Crippen LogP contribution in [0, 0.1) is 5.92 Å². The number of nitrogens with zero attached hydrogens (tertiary/aromatic N) is 2. The van der Waals surface area contributed by atoms with Crippen LogP contribution in [0.5, 0.6) is 0 Å². The Hall–Kier alpha value is -1.92. The van der Waals surface area contributed by atoms with E-state index in [1.165, 1.54) is 6.92 Å². The van der Waals surface area contributed by atoms with Gasteiger partial charge in [-0.2, -0.15) is 0 Å². The number of esters is 1. The lowest BCUT2D eigenvalue weighted by Gasteiger charge is -2.33. The summed E-state index contributed by atoms with van der Waals surface area (Å²) in [5.41, 5.74) is 0.964. The van der Waals surface area contributed by atoms with E-state index >= 15 is 0 Å². The molecule has 156 valence electrons. The summed E-state index contributed by atoms with van der Waals surface area (Å²) in [6, 6.07) is 9.32. The number of carbonyl (C=O) groups excluding carboxylic acids is 2. The Morgan fingerprint density at radius 3 is 2.54 bits per heavy atom. The highest BCUT2D eigenvalue weighted by Gasteiger charge is 2.34. The molecule has 28 heavy (non-hydrogen) atoms. The maximum Gasteiger partial charge on any atom is 0.323 e. The van der Waals surface area contributed by atoms with Crippen LogP contribution >= 0.6 is 0 Å². The van der Waals surface area contributed by atoms with Crippen LogP contribution in [0.3, 0.4) is 0 Å². The molecular formula is C22H34N2O4. The number of benzene rings is 1. The molecule has 1 N–H and O–H groups in total. The van der Waals surface area contributed by atoms with Gasteiger partial charge >= 0.3 is 5.97 Å². The van der Waals surface area contributed by atoms with E-state index in [-0.39, 0.29) is 30.6 Å². The molecule has 2 rings (SSSR count). The monoisotopic (exact) mass is 390 g/mol. The number of hydrogen-bond donors (Lipinski definition) is 1. The maximum absolute atomic E-state index is 12.8. The van der Waals surface area contributed by atoms with E-state index in [1.54, 1.807) is 4.90 Å². The van der Waals surface area contributed by atoms with Crippen molar-refractivity contribution >= 4 is 11.9 Å². The molecule has 0 aromatic heterocycles. The zero-order valence-corrected chi connectivity index (χ0v) is 17.5. The van der Waals surface area contributed by atoms with Gasteiger partial charge in [0.25, 0.3) is 5.91 Å². The predicted molar refractivity (Wildman–Crippen MR) is 109 cm³/mol. The van der Waals surface area contributed by atoms with Gasteiger partial charge in [0.2, 0.25) is 0 Å². The molecule has 0 bridgehead atoms. The van der Waals surface area contributed by atoms with Gasteiger partial charge in [-0.3, -0.25) is 14.5 Å². The van der Waals surface area contributed by atoms with E-state index in [0.717, 1.165) is 18.4 Å². The minimum atomic E-state index is -0.992. The van der Waals surface area contributed by atoms with Crippen molar-refractivity contribution in [2.24, 2.45) is 5.92 Å². The van der Waals surface area contributed by atoms with E-state index in [4.69, 9.17) is 4.74 Å². The fraction of sp³-hybridized carbons (Fsp3) is 0.636. The molecule has 0 saturated carbocycles. The van der Waals surface area contributed by atoms with E-state index in [9.17, 15) is 14.7 Å². The van der Waals surface area contributed by atoms with Gasteiger partial charge in [-0.25, -0.2) is 0 Å². The van der Waals surface area contributed by atoms with Crippen LogP contribution in [0.2, 0.25) is 0 Å². The molecule has 1 fully saturated rings. The van der Waals surface area contributed by atoms with Crippen molar-refractivity contribution in [1.82, 2.24) is 9.80 Å². The lowest BCUT2D eigenvalue weighted by molar-refractivity contribution is -0.152. The summed E-state index contributed by atoms with van der Waals surface area (Å²) in [5.74, 6) is -0.120. The predicted octanol–water partition coefficient (Wildman–Crippen LogP) is 2.45. The summed E-state index contributed by atoms with van der Waals surface area (Å²) in [5, 5.41) is 9.65. The standard InChI is InChI=1S/C22H34N2O4/c1-16(2)13-20(22(27)28-15-18-9-6-5-7-10-18)23(4)14-19-11-8-12-24(19)21(26)17(3)25/h5-7,9-10,16-17,19-20,25H,8,11-15H2,1-4H3. The van der Waals surface area contributed by atoms with Crippen molar-refractivity contribution in [3.8, 4) is 0 Å². The van der Waals surface area contributed by atoms with Crippen molar-refractivity contribution in [1.29, 1.82) is 0 Å². The lowest BCUT2D eigenvalue weighted by Crippen LogP contribution is -2.49. The van der Waals surface area contributed by atoms with Gasteiger partial charge < -0.3 is 14.7 Å². The average molecular weight is 391 g/mol. The van der Waals surface area contributed by atoms with Gasteiger partial charge in [0.15, 0.2) is 0 Å². The summed E-state index contributed by atoms with van der Waals surface area (Å²) < 4.78 is 5.59. The Kier molecular flexibility index (Phi) is 8.45. The first-order valence-corrected chi connectivity index (χ1v) is 10.2. The Morgan fingerprint density at radius 1 is 1.25 bits per heavy atom. The van der Waals surface area contributed by atoms with Crippen molar-refractivity contribution in [3.05, 3.63) is 35.9 Å². The summed E-state index contributed by atoms with van der Waals surface area (Å²) in [7, 11) is 1.92. The van der Waals surface area contributed by atoms with Gasteiger partial charge in [0, 0.05) is 19.1 Å². The summed E-state index contributed by atoms with van der Waals surface area (Å²) in [6.07, 6.45) is 1.51. The number of likely N-dealkylation sites (N-methyl/N-ethyl adjacent to an activating group) is 1. The summed E-state index contributed by atoms with van der Waals surface area (Å²) in [6.45, 7) is 7.20. The number of aliphatic hydroxyl groups excluding tert-OH is 1. The van der Waals surface area contributed by atoms with E-state index in [2.05, 4.69) is 13.8 Å². The molecule has 1 saturated heterocycles. The number of rotatable bonds is 9. The summed E-state index contributed by atoms with van der Waals surface area (Å²) >= 11 is 0. The molecule has 0 aliphatic carbocycles. The van der Waals surface area contributed by atoms with Gasteiger partial charge in [0.05, 0.1) is 0 Å². The highest BCUT2D eigenvalue weighted by molar-refractivity contribution is 5.81. The Balaban J connectivity index is 2.00. The van der Waals surface area contributed by atoms with Crippen molar-refractivity contribution in [2.75, 3.05) is 20.1 Å². The Bertz CT molecular complexity index is 633. The van der Waals surface area contributed by atoms with Crippen LogP contribution in [0.4, 0.5) is 0 Å². The normalized spacial score (nSPS) is 19.1. The highest BCUT2D eigenvalue weighted by Crippen LogP contribution is 2.21. The molecule has 3 unspecified atom stereocenters. The molecular weight excluding hydrogens is 356 g/mol. The quantitative estimate of drug-likeness (QED) is 0.656. The second-order valence-corrected chi connectivity index (χ2v) is 8.18. The summed E-state index contributed by atoms with van der Waals surface area (Å²) in [4.78, 5) is 28.8. The molecule has 1 amide bonds. The second kappa shape index (κ2) is 10.6. The second-order valence-electron chi connectivity index (χ2n) is 8.18. The Labute approximate surface area is 168 Å². The van der Waals surface area contributed by atoms with Crippen LogP contribution in [-0.2, 0) is 20.9 Å². The fourth-order valence-corrected chi connectivity index (χ4v) is 3.74. The third-order valence-corrected chi connectivity index (χ3v) is 5.24. The van der Waals surface area contributed by atoms with Crippen molar-refractivity contribution in [2.45, 2.75) is 64.8 Å². The molecule has 1 aromatic carbocycles. The fourth-order valence-electron chi connectivity index (χ4n) is 3.74. The molecule has 0 spiro atoms. The van der Waals surface area contributed by atoms with Crippen LogP contribution in [-0.4, -0.2) is 65.1 Å². The van der Waals surface area contributed by atoms with Crippen molar-refractivity contribution < 1.29 is 19.4 Å². The third-order valence-electron chi connectivity index (χ3n) is 5.24. The minimum absolute atomic E-state index is 0.0173. The minimum Gasteiger partial charge on any atom is -0.460 e. The molecule has 0 radical (unpaired) electrons. The first kappa shape index (κ1) is 22.4. The van der Waals surface area contributed by atoms with Gasteiger partial charge in [-0.05, 0) is 44.7 Å². The first-order valence-electron chi connectivity index (χ1n) is 10.2. The number of likely N-dealkylation sites (tertiary alicyclic amines) is 1. The molecule has 1 aliphatic rings. The van der Waals surface area contributed by atoms with E-state index in [1.807, 2.05) is 42.3 Å². The topological polar surface area (TPSA) is 70.1 Å². The highest BCUT2D eigenvalue weighted by atomic mass is 16.5. The number of carbonyl (C=O) groups is 2. The largest absolute Gasteiger partial charge is 0.460 e. The van der Waals surface area contributed by atoms with E-state index < -0.39 is 6.10 Å². The zero-order valence-electron chi connectivity index (χ0n) is 17.5. The maximum atomic E-state index is 12.8. The zero-order chi connectivity index (χ0) is 20.7. The van der Waals surface area contributed by atoms with Gasteiger partial charge in [0.1, 0.15) is 18.8 Å². The number of hydrogen-bond acceptors (Lipinski definition) is 5. The van der Waals surface area contributed by atoms with Crippen LogP contribution in [0.1, 0.15) is 45.6 Å². The molecule has 1 aliphatic heterocycles. The van der Waals surface area contributed by atoms with Gasteiger partial charge in [-0.15, -0.1) is 0 Å². The smallest absolute Gasteiger partial charge is 0.323 e. The van der Waals surface area contributed by atoms with Crippen LogP contribution in [0.15, 0.2) is 30.3 Å². The number of aliphatic hydroxyl groups is 1.